The Kier molecular flexibility index (Phi) is 4.85. The third kappa shape index (κ3) is 4.05. The van der Waals surface area contributed by atoms with Crippen molar-refractivity contribution >= 4 is 39.8 Å². The fourth-order valence-electron chi connectivity index (χ4n) is 1.81. The number of thiophene rings is 1. The van der Waals surface area contributed by atoms with Gasteiger partial charge in [-0.05, 0) is 34.1 Å². The molecule has 6 heteroatoms. The quantitative estimate of drug-likeness (QED) is 0.796. The van der Waals surface area contributed by atoms with Crippen LogP contribution in [0.5, 0.6) is 0 Å². The molecule has 1 amide bonds. The van der Waals surface area contributed by atoms with E-state index >= 15 is 0 Å². The lowest BCUT2D eigenvalue weighted by Gasteiger charge is -2.31. The normalized spacial score (nSPS) is 13.2. The lowest BCUT2D eigenvalue weighted by Crippen LogP contribution is -2.46. The van der Waals surface area contributed by atoms with E-state index in [-0.39, 0.29) is 17.4 Å². The molecule has 0 aliphatic carbocycles. The van der Waals surface area contributed by atoms with Gasteiger partial charge < -0.3 is 9.88 Å². The van der Waals surface area contributed by atoms with E-state index in [0.29, 0.717) is 0 Å². The summed E-state index contributed by atoms with van der Waals surface area (Å²) >= 11 is 3.81. The van der Waals surface area contributed by atoms with Crippen LogP contribution in [0.15, 0.2) is 30.2 Å². The first kappa shape index (κ1) is 15.5. The summed E-state index contributed by atoms with van der Waals surface area (Å²) in [6, 6.07) is 1.96. The van der Waals surface area contributed by atoms with Crippen molar-refractivity contribution in [2.24, 2.45) is 5.41 Å². The average molecular weight is 403 g/mol. The van der Waals surface area contributed by atoms with E-state index < -0.39 is 0 Å². The van der Waals surface area contributed by atoms with Gasteiger partial charge in [-0.2, -0.15) is 0 Å². The van der Waals surface area contributed by atoms with Crippen molar-refractivity contribution in [3.05, 3.63) is 38.6 Å². The molecule has 4 nitrogen and oxygen atoms in total. The monoisotopic (exact) mass is 403 g/mol. The summed E-state index contributed by atoms with van der Waals surface area (Å²) in [6.45, 7) is 7.11. The van der Waals surface area contributed by atoms with E-state index in [9.17, 15) is 4.79 Å². The van der Waals surface area contributed by atoms with Crippen LogP contribution in [0.2, 0.25) is 0 Å². The number of halogens is 1. The Bertz CT molecular complexity index is 572. The van der Waals surface area contributed by atoms with Gasteiger partial charge in [-0.1, -0.05) is 20.8 Å². The highest BCUT2D eigenvalue weighted by Crippen LogP contribution is 2.22. The van der Waals surface area contributed by atoms with E-state index in [1.807, 2.05) is 22.2 Å². The molecular weight excluding hydrogens is 385 g/mol. The van der Waals surface area contributed by atoms with Gasteiger partial charge >= 0.3 is 0 Å². The van der Waals surface area contributed by atoms with Crippen molar-refractivity contribution in [3.8, 4) is 0 Å². The van der Waals surface area contributed by atoms with Crippen molar-refractivity contribution in [2.45, 2.75) is 33.4 Å². The summed E-state index contributed by atoms with van der Waals surface area (Å²) in [6.07, 6.45) is 5.44. The molecule has 0 spiro atoms. The number of nitrogens with zero attached hydrogens (tertiary/aromatic N) is 2. The van der Waals surface area contributed by atoms with E-state index in [0.717, 1.165) is 15.0 Å². The second-order valence-electron chi connectivity index (χ2n) is 5.79. The van der Waals surface area contributed by atoms with E-state index in [2.05, 4.69) is 53.7 Å². The van der Waals surface area contributed by atoms with Gasteiger partial charge in [-0.25, -0.2) is 4.98 Å². The number of amides is 1. The maximum atomic E-state index is 12.3. The van der Waals surface area contributed by atoms with Crippen molar-refractivity contribution in [1.29, 1.82) is 0 Å². The SMILES string of the molecule is CC(C)(C)C(Cn1ccnc1)NC(=O)c1csc(I)c1. The van der Waals surface area contributed by atoms with Crippen molar-refractivity contribution in [2.75, 3.05) is 0 Å². The lowest BCUT2D eigenvalue weighted by molar-refractivity contribution is 0.0893. The number of nitrogens with one attached hydrogen (secondary N) is 1. The molecule has 1 unspecified atom stereocenters. The number of imidazole rings is 1. The van der Waals surface area contributed by atoms with Crippen LogP contribution < -0.4 is 5.32 Å². The highest BCUT2D eigenvalue weighted by Gasteiger charge is 2.27. The van der Waals surface area contributed by atoms with Crippen molar-refractivity contribution in [1.82, 2.24) is 14.9 Å². The molecule has 2 heterocycles. The van der Waals surface area contributed by atoms with Crippen molar-refractivity contribution in [3.63, 3.8) is 0 Å². The minimum absolute atomic E-state index is 0.00999. The molecule has 0 aromatic carbocycles. The van der Waals surface area contributed by atoms with Crippen LogP contribution >= 0.6 is 33.9 Å². The number of aromatic nitrogens is 2. The first-order valence-electron chi connectivity index (χ1n) is 6.37. The number of carbonyl (C=O) groups is 1. The molecule has 0 saturated heterocycles. The number of rotatable bonds is 4. The molecule has 1 N–H and O–H groups in total. The zero-order chi connectivity index (χ0) is 14.8. The third-order valence-electron chi connectivity index (χ3n) is 3.13. The van der Waals surface area contributed by atoms with Crippen LogP contribution in [-0.4, -0.2) is 21.5 Å². The van der Waals surface area contributed by atoms with Gasteiger partial charge in [-0.3, -0.25) is 4.79 Å². The second kappa shape index (κ2) is 6.26. The Morgan fingerprint density at radius 2 is 2.30 bits per heavy atom. The third-order valence-corrected chi connectivity index (χ3v) is 4.92. The largest absolute Gasteiger partial charge is 0.347 e. The first-order valence-corrected chi connectivity index (χ1v) is 8.33. The molecule has 1 atom stereocenters. The van der Waals surface area contributed by atoms with Gasteiger partial charge in [-0.15, -0.1) is 11.3 Å². The van der Waals surface area contributed by atoms with Crippen molar-refractivity contribution < 1.29 is 4.79 Å². The zero-order valence-corrected chi connectivity index (χ0v) is 14.7. The zero-order valence-electron chi connectivity index (χ0n) is 11.8. The molecule has 0 aliphatic rings. The van der Waals surface area contributed by atoms with Gasteiger partial charge in [0.2, 0.25) is 0 Å². The average Bonchev–Trinajstić information content (AvgIpc) is 2.98. The second-order valence-corrected chi connectivity index (χ2v) is 8.60. The van der Waals surface area contributed by atoms with Gasteiger partial charge in [0.15, 0.2) is 0 Å². The summed E-state index contributed by atoms with van der Waals surface area (Å²) in [7, 11) is 0. The first-order chi connectivity index (χ1) is 9.36. The summed E-state index contributed by atoms with van der Waals surface area (Å²) in [5.41, 5.74) is 0.711. The molecule has 108 valence electrons. The molecule has 0 bridgehead atoms. The van der Waals surface area contributed by atoms with Crippen LogP contribution in [0.4, 0.5) is 0 Å². The Morgan fingerprint density at radius 3 is 2.80 bits per heavy atom. The van der Waals surface area contributed by atoms with Gasteiger partial charge in [0, 0.05) is 24.3 Å². The van der Waals surface area contributed by atoms with E-state index in [1.165, 1.54) is 0 Å². The maximum absolute atomic E-state index is 12.3. The maximum Gasteiger partial charge on any atom is 0.252 e. The van der Waals surface area contributed by atoms with Gasteiger partial charge in [0.1, 0.15) is 0 Å². The number of carbonyl (C=O) groups excluding carboxylic acids is 1. The molecular formula is C14H18IN3OS. The van der Waals surface area contributed by atoms with Crippen LogP contribution in [0.1, 0.15) is 31.1 Å². The highest BCUT2D eigenvalue weighted by molar-refractivity contribution is 14.1. The van der Waals surface area contributed by atoms with E-state index in [1.54, 1.807) is 23.9 Å². The summed E-state index contributed by atoms with van der Waals surface area (Å²) < 4.78 is 3.11. The molecule has 0 fully saturated rings. The molecule has 2 aromatic rings. The predicted octanol–water partition coefficient (Wildman–Crippen LogP) is 3.39. The fraction of sp³-hybridized carbons (Fsp3) is 0.429. The Labute approximate surface area is 136 Å². The Balaban J connectivity index is 2.10. The van der Waals surface area contributed by atoms with Crippen LogP contribution in [0.25, 0.3) is 0 Å². The topological polar surface area (TPSA) is 46.9 Å². The van der Waals surface area contributed by atoms with Gasteiger partial charge in [0.25, 0.3) is 5.91 Å². The molecule has 0 aliphatic heterocycles. The Morgan fingerprint density at radius 1 is 1.55 bits per heavy atom. The van der Waals surface area contributed by atoms with E-state index in [4.69, 9.17) is 0 Å². The standard InChI is InChI=1S/C14H18IN3OS/c1-14(2,3)11(7-18-5-4-16-9-18)17-13(19)10-6-12(15)20-8-10/h4-6,8-9,11H,7H2,1-3H3,(H,17,19). The highest BCUT2D eigenvalue weighted by atomic mass is 127. The molecule has 0 saturated carbocycles. The van der Waals surface area contributed by atoms with Crippen LogP contribution in [-0.2, 0) is 6.54 Å². The number of hydrogen-bond acceptors (Lipinski definition) is 3. The molecule has 0 radical (unpaired) electrons. The minimum Gasteiger partial charge on any atom is -0.347 e. The number of hydrogen-bond donors (Lipinski definition) is 1. The summed E-state index contributed by atoms with van der Waals surface area (Å²) in [5, 5.41) is 5.04. The van der Waals surface area contributed by atoms with Crippen LogP contribution in [0, 0.1) is 8.30 Å². The predicted molar refractivity (Wildman–Crippen MR) is 90.0 cm³/mol. The smallest absolute Gasteiger partial charge is 0.252 e. The van der Waals surface area contributed by atoms with Gasteiger partial charge in [0.05, 0.1) is 20.8 Å². The lowest BCUT2D eigenvalue weighted by atomic mass is 9.86. The molecule has 20 heavy (non-hydrogen) atoms. The van der Waals surface area contributed by atoms with Crippen LogP contribution in [0.3, 0.4) is 0 Å². The Hall–Kier alpha value is -0.890. The summed E-state index contributed by atoms with van der Waals surface area (Å²) in [4.78, 5) is 16.4. The summed E-state index contributed by atoms with van der Waals surface area (Å²) in [5.74, 6) is -0.00999. The molecule has 2 aromatic heterocycles. The fourth-order valence-corrected chi connectivity index (χ4v) is 3.14. The molecule has 2 rings (SSSR count). The minimum atomic E-state index is -0.0247.